The van der Waals surface area contributed by atoms with Crippen molar-refractivity contribution < 1.29 is 17.9 Å². The van der Waals surface area contributed by atoms with Crippen LogP contribution in [0, 0.1) is 0 Å². The Bertz CT molecular complexity index is 732. The van der Waals surface area contributed by atoms with Crippen molar-refractivity contribution in [3.63, 3.8) is 0 Å². The van der Waals surface area contributed by atoms with Gasteiger partial charge in [-0.15, -0.1) is 0 Å². The predicted octanol–water partition coefficient (Wildman–Crippen LogP) is 3.66. The molecule has 1 saturated heterocycles. The van der Waals surface area contributed by atoms with E-state index in [-0.39, 0.29) is 6.10 Å². The summed E-state index contributed by atoms with van der Waals surface area (Å²) in [5, 5.41) is 0. The van der Waals surface area contributed by atoms with Crippen LogP contribution in [-0.4, -0.2) is 58.2 Å². The Morgan fingerprint density at radius 1 is 1.14 bits per heavy atom. The van der Waals surface area contributed by atoms with E-state index in [0.717, 1.165) is 57.3 Å². The standard InChI is InChI=1S/C21H34N2O4S/c1-3-5-14-23-16-18(17-26-15-6-4-2)27-20-11-9-10-19(21(20)28(23,24)25)22-12-7-8-13-22/h9-11,18H,3-8,12-17H2,1-2H3. The summed E-state index contributed by atoms with van der Waals surface area (Å²) < 4.78 is 40.8. The summed E-state index contributed by atoms with van der Waals surface area (Å²) in [5.41, 5.74) is 0.782. The number of fused-ring (bicyclic) bond motifs is 1. The van der Waals surface area contributed by atoms with E-state index in [1.807, 2.05) is 12.1 Å². The van der Waals surface area contributed by atoms with Gasteiger partial charge in [0.2, 0.25) is 10.0 Å². The number of hydrogen-bond donors (Lipinski definition) is 0. The first-order valence-corrected chi connectivity index (χ1v) is 12.1. The van der Waals surface area contributed by atoms with E-state index in [1.165, 1.54) is 0 Å². The van der Waals surface area contributed by atoms with Gasteiger partial charge >= 0.3 is 0 Å². The molecule has 0 spiro atoms. The van der Waals surface area contributed by atoms with E-state index in [1.54, 1.807) is 10.4 Å². The van der Waals surface area contributed by atoms with Crippen LogP contribution < -0.4 is 9.64 Å². The van der Waals surface area contributed by atoms with Crippen LogP contribution in [0.5, 0.6) is 5.75 Å². The lowest BCUT2D eigenvalue weighted by Crippen LogP contribution is -2.40. The van der Waals surface area contributed by atoms with E-state index in [9.17, 15) is 8.42 Å². The molecule has 0 aromatic heterocycles. The van der Waals surface area contributed by atoms with Crippen LogP contribution in [0.3, 0.4) is 0 Å². The maximum absolute atomic E-state index is 13.6. The smallest absolute Gasteiger partial charge is 0.248 e. The van der Waals surface area contributed by atoms with Crippen molar-refractivity contribution in [2.45, 2.75) is 63.4 Å². The first kappa shape index (κ1) is 21.4. The quantitative estimate of drug-likeness (QED) is 0.582. The van der Waals surface area contributed by atoms with Crippen LogP contribution in [0.1, 0.15) is 52.4 Å². The van der Waals surface area contributed by atoms with Crippen LogP contribution in [0.25, 0.3) is 0 Å². The fourth-order valence-electron chi connectivity index (χ4n) is 3.83. The number of sulfonamides is 1. The van der Waals surface area contributed by atoms with Crippen molar-refractivity contribution in [2.75, 3.05) is 44.3 Å². The molecule has 2 heterocycles. The van der Waals surface area contributed by atoms with Gasteiger partial charge < -0.3 is 14.4 Å². The Hall–Kier alpha value is -1.31. The van der Waals surface area contributed by atoms with Gasteiger partial charge in [0.15, 0.2) is 0 Å². The average Bonchev–Trinajstić information content (AvgIpc) is 3.19. The molecule has 3 rings (SSSR count). The Morgan fingerprint density at radius 2 is 1.89 bits per heavy atom. The molecule has 2 aliphatic heterocycles. The van der Waals surface area contributed by atoms with Crippen LogP contribution >= 0.6 is 0 Å². The highest BCUT2D eigenvalue weighted by Gasteiger charge is 2.37. The lowest BCUT2D eigenvalue weighted by molar-refractivity contribution is 0.0411. The number of hydrogen-bond acceptors (Lipinski definition) is 5. The third-order valence-corrected chi connectivity index (χ3v) is 7.35. The van der Waals surface area contributed by atoms with Crippen LogP contribution in [0.2, 0.25) is 0 Å². The number of unbranched alkanes of at least 4 members (excludes halogenated alkanes) is 2. The molecule has 2 aliphatic rings. The Kier molecular flexibility index (Phi) is 7.60. The molecule has 1 fully saturated rings. The van der Waals surface area contributed by atoms with Crippen molar-refractivity contribution in [2.24, 2.45) is 0 Å². The normalized spacial score (nSPS) is 21.9. The fourth-order valence-corrected chi connectivity index (χ4v) is 5.65. The summed E-state index contributed by atoms with van der Waals surface area (Å²) in [5.74, 6) is 0.465. The first-order chi connectivity index (χ1) is 13.6. The molecule has 0 amide bonds. The third kappa shape index (κ3) is 4.81. The second-order valence-corrected chi connectivity index (χ2v) is 9.56. The minimum Gasteiger partial charge on any atom is -0.485 e. The highest BCUT2D eigenvalue weighted by molar-refractivity contribution is 7.89. The van der Waals surface area contributed by atoms with E-state index in [2.05, 4.69) is 18.7 Å². The van der Waals surface area contributed by atoms with Gasteiger partial charge in [-0.2, -0.15) is 4.31 Å². The lowest BCUT2D eigenvalue weighted by Gasteiger charge is -2.25. The highest BCUT2D eigenvalue weighted by atomic mass is 32.2. The van der Waals surface area contributed by atoms with Crippen LogP contribution in [0.4, 0.5) is 5.69 Å². The van der Waals surface area contributed by atoms with Gasteiger partial charge in [-0.25, -0.2) is 8.42 Å². The average molecular weight is 411 g/mol. The molecule has 0 aliphatic carbocycles. The van der Waals surface area contributed by atoms with Gasteiger partial charge in [0.25, 0.3) is 0 Å². The van der Waals surface area contributed by atoms with Gasteiger partial charge in [0.05, 0.1) is 18.8 Å². The minimum atomic E-state index is -3.62. The SMILES string of the molecule is CCCCOCC1CN(CCCC)S(=O)(=O)c2c(cccc2N2CCCC2)O1. The topological polar surface area (TPSA) is 59.1 Å². The van der Waals surface area contributed by atoms with Gasteiger partial charge in [-0.3, -0.25) is 0 Å². The van der Waals surface area contributed by atoms with Crippen molar-refractivity contribution in [3.05, 3.63) is 18.2 Å². The molecule has 1 aromatic carbocycles. The minimum absolute atomic E-state index is 0.293. The van der Waals surface area contributed by atoms with Crippen molar-refractivity contribution in [1.82, 2.24) is 4.31 Å². The number of anilines is 1. The summed E-state index contributed by atoms with van der Waals surface area (Å²) in [6.45, 7) is 7.93. The Morgan fingerprint density at radius 3 is 2.61 bits per heavy atom. The number of ether oxygens (including phenoxy) is 2. The van der Waals surface area contributed by atoms with Gasteiger partial charge in [0.1, 0.15) is 16.7 Å². The summed E-state index contributed by atoms with van der Waals surface area (Å²) in [7, 11) is -3.62. The van der Waals surface area contributed by atoms with E-state index in [4.69, 9.17) is 9.47 Å². The van der Waals surface area contributed by atoms with Gasteiger partial charge in [0, 0.05) is 26.2 Å². The summed E-state index contributed by atoms with van der Waals surface area (Å²) in [4.78, 5) is 2.51. The molecule has 0 saturated carbocycles. The molecule has 1 aromatic rings. The first-order valence-electron chi connectivity index (χ1n) is 10.7. The maximum Gasteiger partial charge on any atom is 0.248 e. The molecule has 1 unspecified atom stereocenters. The predicted molar refractivity (Wildman–Crippen MR) is 112 cm³/mol. The molecular weight excluding hydrogens is 376 g/mol. The van der Waals surface area contributed by atoms with Crippen molar-refractivity contribution in [3.8, 4) is 5.75 Å². The van der Waals surface area contributed by atoms with Gasteiger partial charge in [-0.05, 0) is 37.8 Å². The number of rotatable bonds is 9. The number of nitrogens with zero attached hydrogens (tertiary/aromatic N) is 2. The molecule has 7 heteroatoms. The lowest BCUT2D eigenvalue weighted by atomic mass is 10.2. The van der Waals surface area contributed by atoms with Gasteiger partial charge in [-0.1, -0.05) is 32.8 Å². The third-order valence-electron chi connectivity index (χ3n) is 5.41. The second kappa shape index (κ2) is 9.94. The second-order valence-electron chi connectivity index (χ2n) is 7.68. The van der Waals surface area contributed by atoms with Crippen molar-refractivity contribution in [1.29, 1.82) is 0 Å². The zero-order chi connectivity index (χ0) is 20.0. The fraction of sp³-hybridized carbons (Fsp3) is 0.714. The molecule has 0 radical (unpaired) electrons. The number of benzene rings is 1. The molecule has 0 bridgehead atoms. The molecule has 0 N–H and O–H groups in total. The Balaban J connectivity index is 1.93. The largest absolute Gasteiger partial charge is 0.485 e. The summed E-state index contributed by atoms with van der Waals surface area (Å²) in [6.07, 6.45) is 5.76. The maximum atomic E-state index is 13.6. The molecule has 1 atom stereocenters. The molecular formula is C21H34N2O4S. The Labute approximate surface area is 169 Å². The zero-order valence-electron chi connectivity index (χ0n) is 17.2. The summed E-state index contributed by atoms with van der Waals surface area (Å²) >= 11 is 0. The van der Waals surface area contributed by atoms with Crippen LogP contribution in [-0.2, 0) is 14.8 Å². The van der Waals surface area contributed by atoms with Crippen LogP contribution in [0.15, 0.2) is 23.1 Å². The molecule has 28 heavy (non-hydrogen) atoms. The van der Waals surface area contributed by atoms with E-state index >= 15 is 0 Å². The zero-order valence-corrected chi connectivity index (χ0v) is 18.0. The van der Waals surface area contributed by atoms with Crippen molar-refractivity contribution >= 4 is 15.7 Å². The van der Waals surface area contributed by atoms with E-state index in [0.29, 0.717) is 36.9 Å². The molecule has 158 valence electrons. The highest BCUT2D eigenvalue weighted by Crippen LogP contribution is 2.39. The van der Waals surface area contributed by atoms with E-state index < -0.39 is 10.0 Å². The monoisotopic (exact) mass is 410 g/mol. The summed E-state index contributed by atoms with van der Waals surface area (Å²) in [6, 6.07) is 5.61. The molecule has 6 nitrogen and oxygen atoms in total.